The van der Waals surface area contributed by atoms with Gasteiger partial charge in [-0.2, -0.15) is 0 Å². The molecule has 0 radical (unpaired) electrons. The van der Waals surface area contributed by atoms with Crippen LogP contribution in [-0.4, -0.2) is 26.2 Å². The monoisotopic (exact) mass is 300 g/mol. The van der Waals surface area contributed by atoms with Crippen molar-refractivity contribution in [3.63, 3.8) is 0 Å². The van der Waals surface area contributed by atoms with Crippen molar-refractivity contribution < 1.29 is 14.3 Å². The molecule has 2 aromatic rings. The molecule has 22 heavy (non-hydrogen) atoms. The first-order valence-electron chi connectivity index (χ1n) is 7.05. The Labute approximate surface area is 130 Å². The zero-order chi connectivity index (χ0) is 15.8. The van der Waals surface area contributed by atoms with Crippen LogP contribution in [0.3, 0.4) is 0 Å². The standard InChI is InChI=1S/C17H20N2O3/c1-21-15-5-7-16(8-6-15)22-10-9-19-17(20)12-13-3-2-4-14(18)11-13/h2-8,11H,9-10,12,18H2,1H3,(H,19,20). The van der Waals surface area contributed by atoms with Crippen molar-refractivity contribution >= 4 is 11.6 Å². The summed E-state index contributed by atoms with van der Waals surface area (Å²) in [7, 11) is 1.62. The lowest BCUT2D eigenvalue weighted by Crippen LogP contribution is -2.29. The van der Waals surface area contributed by atoms with Gasteiger partial charge < -0.3 is 20.5 Å². The van der Waals surface area contributed by atoms with E-state index < -0.39 is 0 Å². The summed E-state index contributed by atoms with van der Waals surface area (Å²) in [5.74, 6) is 1.47. The fourth-order valence-corrected chi connectivity index (χ4v) is 1.98. The number of hydrogen-bond acceptors (Lipinski definition) is 4. The van der Waals surface area contributed by atoms with Crippen LogP contribution in [0.4, 0.5) is 5.69 Å². The van der Waals surface area contributed by atoms with Gasteiger partial charge in [-0.25, -0.2) is 0 Å². The maximum atomic E-state index is 11.8. The minimum atomic E-state index is -0.0519. The zero-order valence-electron chi connectivity index (χ0n) is 12.5. The number of carbonyl (C=O) groups is 1. The molecule has 0 unspecified atom stereocenters. The molecule has 0 bridgehead atoms. The van der Waals surface area contributed by atoms with Crippen LogP contribution in [0, 0.1) is 0 Å². The maximum absolute atomic E-state index is 11.8. The second kappa shape index (κ2) is 7.93. The number of methoxy groups -OCH3 is 1. The van der Waals surface area contributed by atoms with Crippen LogP contribution in [0.25, 0.3) is 0 Å². The molecule has 0 saturated carbocycles. The van der Waals surface area contributed by atoms with Gasteiger partial charge in [-0.05, 0) is 42.0 Å². The Kier molecular flexibility index (Phi) is 5.65. The number of carbonyl (C=O) groups excluding carboxylic acids is 1. The number of hydrogen-bond donors (Lipinski definition) is 2. The highest BCUT2D eigenvalue weighted by Crippen LogP contribution is 2.16. The highest BCUT2D eigenvalue weighted by atomic mass is 16.5. The molecule has 0 aromatic heterocycles. The third-order valence-electron chi connectivity index (χ3n) is 3.07. The quantitative estimate of drug-likeness (QED) is 0.606. The van der Waals surface area contributed by atoms with Crippen LogP contribution >= 0.6 is 0 Å². The Bertz CT molecular complexity index is 612. The summed E-state index contributed by atoms with van der Waals surface area (Å²) in [6.45, 7) is 0.863. The molecule has 0 aliphatic heterocycles. The molecule has 0 aliphatic carbocycles. The number of amides is 1. The molecule has 3 N–H and O–H groups in total. The molecule has 2 rings (SSSR count). The van der Waals surface area contributed by atoms with Crippen molar-refractivity contribution in [3.05, 3.63) is 54.1 Å². The van der Waals surface area contributed by atoms with Crippen LogP contribution in [-0.2, 0) is 11.2 Å². The average Bonchev–Trinajstić information content (AvgIpc) is 2.52. The summed E-state index contributed by atoms with van der Waals surface area (Å²) in [5.41, 5.74) is 7.24. The summed E-state index contributed by atoms with van der Waals surface area (Å²) in [5, 5.41) is 2.81. The first-order valence-corrected chi connectivity index (χ1v) is 7.05. The first kappa shape index (κ1) is 15.7. The summed E-state index contributed by atoms with van der Waals surface area (Å²) in [4.78, 5) is 11.8. The van der Waals surface area contributed by atoms with Gasteiger partial charge in [0.2, 0.25) is 5.91 Å². The smallest absolute Gasteiger partial charge is 0.224 e. The molecule has 2 aromatic carbocycles. The van der Waals surface area contributed by atoms with E-state index in [0.29, 0.717) is 25.3 Å². The van der Waals surface area contributed by atoms with E-state index >= 15 is 0 Å². The van der Waals surface area contributed by atoms with E-state index in [1.165, 1.54) is 0 Å². The molecule has 1 amide bonds. The minimum Gasteiger partial charge on any atom is -0.497 e. The van der Waals surface area contributed by atoms with Crippen molar-refractivity contribution in [3.8, 4) is 11.5 Å². The second-order valence-electron chi connectivity index (χ2n) is 4.80. The molecular formula is C17H20N2O3. The van der Waals surface area contributed by atoms with Crippen LogP contribution in [0.15, 0.2) is 48.5 Å². The van der Waals surface area contributed by atoms with Crippen LogP contribution in [0.1, 0.15) is 5.56 Å². The lowest BCUT2D eigenvalue weighted by Gasteiger charge is -2.08. The van der Waals surface area contributed by atoms with E-state index in [2.05, 4.69) is 5.32 Å². The number of anilines is 1. The first-order chi connectivity index (χ1) is 10.7. The van der Waals surface area contributed by atoms with E-state index in [9.17, 15) is 4.79 Å². The molecule has 0 saturated heterocycles. The van der Waals surface area contributed by atoms with Gasteiger partial charge in [0.1, 0.15) is 18.1 Å². The van der Waals surface area contributed by atoms with Crippen molar-refractivity contribution in [2.45, 2.75) is 6.42 Å². The van der Waals surface area contributed by atoms with Crippen molar-refractivity contribution in [1.29, 1.82) is 0 Å². The molecule has 0 fully saturated rings. The second-order valence-corrected chi connectivity index (χ2v) is 4.80. The topological polar surface area (TPSA) is 73.6 Å². The molecule has 0 heterocycles. The molecule has 116 valence electrons. The Balaban J connectivity index is 1.68. The Morgan fingerprint density at radius 2 is 1.86 bits per heavy atom. The predicted molar refractivity (Wildman–Crippen MR) is 86.1 cm³/mol. The molecule has 0 spiro atoms. The van der Waals surface area contributed by atoms with E-state index in [1.54, 1.807) is 19.2 Å². The summed E-state index contributed by atoms with van der Waals surface area (Å²) < 4.78 is 10.6. The molecule has 0 atom stereocenters. The van der Waals surface area contributed by atoms with Gasteiger partial charge >= 0.3 is 0 Å². The Hall–Kier alpha value is -2.69. The SMILES string of the molecule is COc1ccc(OCCNC(=O)Cc2cccc(N)c2)cc1. The Morgan fingerprint density at radius 1 is 1.14 bits per heavy atom. The van der Waals surface area contributed by atoms with E-state index in [1.807, 2.05) is 36.4 Å². The highest BCUT2D eigenvalue weighted by molar-refractivity contribution is 5.78. The highest BCUT2D eigenvalue weighted by Gasteiger charge is 2.03. The average molecular weight is 300 g/mol. The predicted octanol–water partition coefficient (Wildman–Crippen LogP) is 2.02. The molecule has 5 nitrogen and oxygen atoms in total. The van der Waals surface area contributed by atoms with Crippen molar-refractivity contribution in [2.24, 2.45) is 0 Å². The number of nitrogens with one attached hydrogen (secondary N) is 1. The third-order valence-corrected chi connectivity index (χ3v) is 3.07. The summed E-state index contributed by atoms with van der Waals surface area (Å²) in [6.07, 6.45) is 0.313. The van der Waals surface area contributed by atoms with E-state index in [-0.39, 0.29) is 5.91 Å². The number of rotatable bonds is 7. The normalized spacial score (nSPS) is 10.0. The minimum absolute atomic E-state index is 0.0519. The van der Waals surface area contributed by atoms with Crippen molar-refractivity contribution in [1.82, 2.24) is 5.32 Å². The lowest BCUT2D eigenvalue weighted by molar-refractivity contribution is -0.120. The largest absolute Gasteiger partial charge is 0.497 e. The fourth-order valence-electron chi connectivity index (χ4n) is 1.98. The van der Waals surface area contributed by atoms with Gasteiger partial charge in [-0.15, -0.1) is 0 Å². The van der Waals surface area contributed by atoms with Crippen LogP contribution in [0.2, 0.25) is 0 Å². The van der Waals surface area contributed by atoms with E-state index in [4.69, 9.17) is 15.2 Å². The van der Waals surface area contributed by atoms with Gasteiger partial charge in [-0.1, -0.05) is 12.1 Å². The van der Waals surface area contributed by atoms with Crippen LogP contribution < -0.4 is 20.5 Å². The van der Waals surface area contributed by atoms with E-state index in [0.717, 1.165) is 17.1 Å². The van der Waals surface area contributed by atoms with Crippen molar-refractivity contribution in [2.75, 3.05) is 26.0 Å². The summed E-state index contributed by atoms with van der Waals surface area (Å²) in [6, 6.07) is 14.6. The molecule has 5 heteroatoms. The number of benzene rings is 2. The Morgan fingerprint density at radius 3 is 2.55 bits per heavy atom. The fraction of sp³-hybridized carbons (Fsp3) is 0.235. The maximum Gasteiger partial charge on any atom is 0.224 e. The third kappa shape index (κ3) is 5.01. The van der Waals surface area contributed by atoms with Gasteiger partial charge in [-0.3, -0.25) is 4.79 Å². The summed E-state index contributed by atoms with van der Waals surface area (Å²) >= 11 is 0. The van der Waals surface area contributed by atoms with Gasteiger partial charge in [0.25, 0.3) is 0 Å². The number of nitrogen functional groups attached to an aromatic ring is 1. The van der Waals surface area contributed by atoms with Gasteiger partial charge in [0.15, 0.2) is 0 Å². The number of nitrogens with two attached hydrogens (primary N) is 1. The van der Waals surface area contributed by atoms with Crippen LogP contribution in [0.5, 0.6) is 11.5 Å². The molecular weight excluding hydrogens is 280 g/mol. The van der Waals surface area contributed by atoms with Gasteiger partial charge in [0, 0.05) is 5.69 Å². The lowest BCUT2D eigenvalue weighted by atomic mass is 10.1. The molecule has 0 aliphatic rings. The van der Waals surface area contributed by atoms with Gasteiger partial charge in [0.05, 0.1) is 20.1 Å². The number of ether oxygens (including phenoxy) is 2. The zero-order valence-corrected chi connectivity index (χ0v) is 12.5.